The third-order valence-corrected chi connectivity index (χ3v) is 8.42. The number of imidazole rings is 1. The van der Waals surface area contributed by atoms with Crippen molar-refractivity contribution in [2.45, 2.75) is 83.8 Å². The molecule has 11 heteroatoms. The Hall–Kier alpha value is -2.92. The molecule has 1 amide bonds. The number of carbonyl (C=O) groups is 3. The molecule has 10 nitrogen and oxygen atoms in total. The predicted octanol–water partition coefficient (Wildman–Crippen LogP) is 3.73. The van der Waals surface area contributed by atoms with Gasteiger partial charge < -0.3 is 24.2 Å². The molecule has 4 heterocycles. The van der Waals surface area contributed by atoms with Gasteiger partial charge in [-0.2, -0.15) is 0 Å². The van der Waals surface area contributed by atoms with E-state index in [1.54, 1.807) is 26.4 Å². The molecular weight excluding hydrogens is 486 g/mol. The number of ether oxygens (including phenoxy) is 3. The Morgan fingerprint density at radius 2 is 2.00 bits per heavy atom. The average Bonchev–Trinajstić information content (AvgIpc) is 3.50. The number of aromatic nitrogens is 2. The number of amides is 1. The Bertz CT molecular complexity index is 1170. The summed E-state index contributed by atoms with van der Waals surface area (Å²) >= 11 is 1.45. The summed E-state index contributed by atoms with van der Waals surface area (Å²) in [4.78, 5) is 46.1. The van der Waals surface area contributed by atoms with E-state index in [0.29, 0.717) is 5.57 Å². The summed E-state index contributed by atoms with van der Waals surface area (Å²) in [5.74, 6) is -1.88. The molecule has 0 bridgehead atoms. The van der Waals surface area contributed by atoms with Gasteiger partial charge >= 0.3 is 12.1 Å². The molecule has 0 aromatic carbocycles. The van der Waals surface area contributed by atoms with Crippen LogP contribution in [0.1, 0.15) is 64.2 Å². The van der Waals surface area contributed by atoms with Gasteiger partial charge in [-0.3, -0.25) is 9.20 Å². The van der Waals surface area contributed by atoms with Gasteiger partial charge in [-0.1, -0.05) is 20.3 Å². The smallest absolute Gasteiger partial charge is 0.431 e. The number of esters is 1. The second kappa shape index (κ2) is 9.85. The van der Waals surface area contributed by atoms with E-state index in [-0.39, 0.29) is 36.1 Å². The van der Waals surface area contributed by atoms with E-state index in [1.807, 2.05) is 17.5 Å². The molecule has 2 aromatic rings. The number of nitrogens with zero attached hydrogens (tertiary/aromatic N) is 3. The number of hydrogen-bond acceptors (Lipinski definition) is 9. The van der Waals surface area contributed by atoms with Crippen molar-refractivity contribution in [2.24, 2.45) is 11.8 Å². The predicted molar refractivity (Wildman–Crippen MR) is 130 cm³/mol. The van der Waals surface area contributed by atoms with Crippen LogP contribution in [0, 0.1) is 11.8 Å². The molecule has 1 aliphatic carbocycles. The number of aliphatic hydroxyl groups is 1. The Kier molecular flexibility index (Phi) is 6.78. The topological polar surface area (TPSA) is 120 Å². The summed E-state index contributed by atoms with van der Waals surface area (Å²) < 4.78 is 18.2. The zero-order valence-electron chi connectivity index (χ0n) is 20.6. The molecule has 194 valence electrons. The first kappa shape index (κ1) is 24.8. The largest absolute Gasteiger partial charge is 0.511 e. The van der Waals surface area contributed by atoms with Crippen LogP contribution >= 0.6 is 11.3 Å². The van der Waals surface area contributed by atoms with E-state index < -0.39 is 30.4 Å². The Balaban J connectivity index is 1.39. The number of β-lactam (4-membered cyclic amide) rings is 1. The van der Waals surface area contributed by atoms with E-state index in [1.165, 1.54) is 16.2 Å². The van der Waals surface area contributed by atoms with Gasteiger partial charge in [-0.15, -0.1) is 11.3 Å². The number of fused-ring (bicyclic) bond motifs is 2. The van der Waals surface area contributed by atoms with Crippen molar-refractivity contribution in [3.63, 3.8) is 0 Å². The van der Waals surface area contributed by atoms with Crippen molar-refractivity contribution < 1.29 is 33.7 Å². The highest BCUT2D eigenvalue weighted by Crippen LogP contribution is 2.51. The van der Waals surface area contributed by atoms with Gasteiger partial charge in [0, 0.05) is 24.1 Å². The highest BCUT2D eigenvalue weighted by atomic mass is 32.1. The van der Waals surface area contributed by atoms with E-state index >= 15 is 0 Å². The highest BCUT2D eigenvalue weighted by Gasteiger charge is 2.60. The van der Waals surface area contributed by atoms with Gasteiger partial charge in [0.2, 0.25) is 5.91 Å². The van der Waals surface area contributed by atoms with Crippen LogP contribution in [0.15, 0.2) is 24.4 Å². The van der Waals surface area contributed by atoms with Crippen molar-refractivity contribution in [3.8, 4) is 0 Å². The van der Waals surface area contributed by atoms with Crippen LogP contribution < -0.4 is 0 Å². The van der Waals surface area contributed by atoms with Crippen LogP contribution in [0.2, 0.25) is 0 Å². The van der Waals surface area contributed by atoms with Gasteiger partial charge in [0.1, 0.15) is 16.6 Å². The fourth-order valence-corrected chi connectivity index (χ4v) is 6.66. The molecule has 2 aliphatic heterocycles. The third-order valence-electron chi connectivity index (χ3n) is 7.35. The second-order valence-corrected chi connectivity index (χ2v) is 10.8. The Labute approximate surface area is 212 Å². The fourth-order valence-electron chi connectivity index (χ4n) is 5.56. The van der Waals surface area contributed by atoms with Gasteiger partial charge in [0.05, 0.1) is 35.5 Å². The fraction of sp³-hybridized carbons (Fsp3) is 0.600. The van der Waals surface area contributed by atoms with Crippen LogP contribution in [0.3, 0.4) is 0 Å². The van der Waals surface area contributed by atoms with Crippen molar-refractivity contribution in [3.05, 3.63) is 29.3 Å². The molecule has 0 radical (unpaired) electrons. The van der Waals surface area contributed by atoms with Gasteiger partial charge in [-0.05, 0) is 32.6 Å². The number of thiazole rings is 1. The number of carbonyl (C=O) groups excluding carboxylic acids is 3. The van der Waals surface area contributed by atoms with Crippen LogP contribution in [-0.4, -0.2) is 62.0 Å². The minimum absolute atomic E-state index is 0.134. The van der Waals surface area contributed by atoms with Crippen LogP contribution in [0.4, 0.5) is 4.79 Å². The molecule has 3 aliphatic rings. The summed E-state index contributed by atoms with van der Waals surface area (Å²) in [7, 11) is 0. The molecular formula is C25H31N3O7S. The van der Waals surface area contributed by atoms with Gasteiger partial charge in [0.15, 0.2) is 0 Å². The standard InChI is InChI=1S/C25H31N3O7S/c1-4-18(35-25(32)33-15-8-6-5-7-9-15)34-24(31)22-19(16-11-27-12-26-10-17(27)36-16)13(2)21-20(14(3)29)23(30)28(21)22/h10-15,18,20-21,29H,4-9H2,1-3H3/t13-,14+,18?,20+,21+/m0/s1. The van der Waals surface area contributed by atoms with Crippen molar-refractivity contribution in [1.82, 2.24) is 14.3 Å². The molecule has 1 unspecified atom stereocenters. The van der Waals surface area contributed by atoms with Crippen LogP contribution in [-0.2, 0) is 23.8 Å². The lowest BCUT2D eigenvalue weighted by molar-refractivity contribution is -0.176. The maximum atomic E-state index is 13.5. The number of aliphatic hydroxyl groups excluding tert-OH is 1. The molecule has 5 atom stereocenters. The highest BCUT2D eigenvalue weighted by molar-refractivity contribution is 7.18. The molecule has 0 spiro atoms. The lowest BCUT2D eigenvalue weighted by atomic mass is 9.77. The van der Waals surface area contributed by atoms with Crippen molar-refractivity contribution in [2.75, 3.05) is 0 Å². The minimum atomic E-state index is -1.15. The summed E-state index contributed by atoms with van der Waals surface area (Å²) in [5.41, 5.74) is 0.810. The van der Waals surface area contributed by atoms with E-state index in [0.717, 1.165) is 41.8 Å². The zero-order chi connectivity index (χ0) is 25.6. The summed E-state index contributed by atoms with van der Waals surface area (Å²) in [5, 5.41) is 10.2. The van der Waals surface area contributed by atoms with Crippen molar-refractivity contribution >= 4 is 39.8 Å². The Morgan fingerprint density at radius 1 is 1.25 bits per heavy atom. The van der Waals surface area contributed by atoms with E-state index in [9.17, 15) is 19.5 Å². The first-order valence-corrected chi connectivity index (χ1v) is 13.4. The minimum Gasteiger partial charge on any atom is -0.431 e. The van der Waals surface area contributed by atoms with Crippen molar-refractivity contribution in [1.29, 1.82) is 0 Å². The van der Waals surface area contributed by atoms with Crippen LogP contribution in [0.5, 0.6) is 0 Å². The molecule has 36 heavy (non-hydrogen) atoms. The third kappa shape index (κ3) is 4.28. The molecule has 1 saturated heterocycles. The average molecular weight is 518 g/mol. The second-order valence-electron chi connectivity index (χ2n) is 9.74. The summed E-state index contributed by atoms with van der Waals surface area (Å²) in [6, 6.07) is -0.355. The number of rotatable bonds is 7. The maximum Gasteiger partial charge on any atom is 0.511 e. The molecule has 2 fully saturated rings. The number of hydrogen-bond donors (Lipinski definition) is 1. The maximum absolute atomic E-state index is 13.5. The van der Waals surface area contributed by atoms with Crippen LogP contribution in [0.25, 0.3) is 10.4 Å². The van der Waals surface area contributed by atoms with E-state index in [4.69, 9.17) is 14.2 Å². The first-order chi connectivity index (χ1) is 17.3. The lowest BCUT2D eigenvalue weighted by Gasteiger charge is -2.46. The molecule has 2 aromatic heterocycles. The molecule has 1 saturated carbocycles. The summed E-state index contributed by atoms with van der Waals surface area (Å²) in [6.45, 7) is 5.26. The molecule has 5 rings (SSSR count). The first-order valence-electron chi connectivity index (χ1n) is 12.6. The van der Waals surface area contributed by atoms with Gasteiger partial charge in [0.25, 0.3) is 6.29 Å². The van der Waals surface area contributed by atoms with E-state index in [2.05, 4.69) is 4.98 Å². The lowest BCUT2D eigenvalue weighted by Crippen LogP contribution is -2.63. The Morgan fingerprint density at radius 3 is 2.67 bits per heavy atom. The monoisotopic (exact) mass is 517 g/mol. The van der Waals surface area contributed by atoms with Gasteiger partial charge in [-0.25, -0.2) is 14.6 Å². The molecule has 1 N–H and O–H groups in total. The normalized spacial score (nSPS) is 25.9. The zero-order valence-corrected chi connectivity index (χ0v) is 21.4. The summed E-state index contributed by atoms with van der Waals surface area (Å²) in [6.07, 6.45) is 7.20. The SMILES string of the molecule is CCC(OC(=O)OC1CCCCC1)OC(=O)C1=C(c2cn3cncc3s2)[C@H](C)[C@@H]2[C@@H]([C@@H](C)O)C(=O)N12. The quantitative estimate of drug-likeness (QED) is 0.335.